The molecule has 112 valence electrons. The van der Waals surface area contributed by atoms with Crippen LogP contribution in [0, 0.1) is 0 Å². The second-order valence-electron chi connectivity index (χ2n) is 5.45. The lowest BCUT2D eigenvalue weighted by atomic mass is 10.1. The number of aromatic nitrogens is 1. The van der Waals surface area contributed by atoms with Crippen LogP contribution in [-0.4, -0.2) is 50.2 Å². The zero-order chi connectivity index (χ0) is 14.8. The number of nitrogens with zero attached hydrogens (tertiary/aromatic N) is 3. The van der Waals surface area contributed by atoms with Crippen LogP contribution in [0.15, 0.2) is 24.3 Å². The van der Waals surface area contributed by atoms with Gasteiger partial charge in [0.2, 0.25) is 0 Å². The number of ether oxygens (including phenoxy) is 1. The first-order valence-corrected chi connectivity index (χ1v) is 7.18. The summed E-state index contributed by atoms with van der Waals surface area (Å²) in [4.78, 5) is 9.21. The summed E-state index contributed by atoms with van der Waals surface area (Å²) in [7, 11) is 3.73. The van der Waals surface area contributed by atoms with Crippen molar-refractivity contribution in [2.75, 3.05) is 45.2 Å². The first-order valence-electron chi connectivity index (χ1n) is 7.18. The first kappa shape index (κ1) is 14.1. The van der Waals surface area contributed by atoms with Gasteiger partial charge in [-0.3, -0.25) is 0 Å². The van der Waals surface area contributed by atoms with E-state index in [4.69, 9.17) is 9.72 Å². The van der Waals surface area contributed by atoms with Gasteiger partial charge in [0.25, 0.3) is 0 Å². The topological polar surface area (TPSA) is 28.6 Å². The van der Waals surface area contributed by atoms with Crippen molar-refractivity contribution in [3.63, 3.8) is 0 Å². The van der Waals surface area contributed by atoms with Gasteiger partial charge in [-0.25, -0.2) is 9.37 Å². The van der Waals surface area contributed by atoms with E-state index >= 15 is 0 Å². The third-order valence-corrected chi connectivity index (χ3v) is 4.06. The van der Waals surface area contributed by atoms with Crippen LogP contribution in [0.2, 0.25) is 0 Å². The number of rotatable bonds is 3. The van der Waals surface area contributed by atoms with Gasteiger partial charge in [0.1, 0.15) is 18.2 Å². The first-order chi connectivity index (χ1) is 10.2. The number of anilines is 1. The van der Waals surface area contributed by atoms with E-state index < -0.39 is 6.67 Å². The van der Waals surface area contributed by atoms with Crippen molar-refractivity contribution in [3.8, 4) is 5.75 Å². The Labute approximate surface area is 124 Å². The number of pyridine rings is 1. The summed E-state index contributed by atoms with van der Waals surface area (Å²) in [5, 5.41) is 0.828. The molecule has 2 heterocycles. The minimum Gasteiger partial charge on any atom is -0.497 e. The molecule has 0 atom stereocenters. The zero-order valence-corrected chi connectivity index (χ0v) is 12.5. The molecular formula is C16H20FN3O. The fourth-order valence-electron chi connectivity index (χ4n) is 2.69. The third-order valence-electron chi connectivity index (χ3n) is 4.06. The quantitative estimate of drug-likeness (QED) is 0.868. The number of halogens is 1. The Hall–Kier alpha value is -1.88. The maximum atomic E-state index is 13.4. The molecule has 0 amide bonds. The van der Waals surface area contributed by atoms with Crippen molar-refractivity contribution in [2.24, 2.45) is 0 Å². The monoisotopic (exact) mass is 289 g/mol. The molecule has 0 bridgehead atoms. The normalized spacial score (nSPS) is 16.4. The van der Waals surface area contributed by atoms with E-state index in [1.165, 1.54) is 0 Å². The Morgan fingerprint density at radius 1 is 1.19 bits per heavy atom. The molecule has 5 heteroatoms. The molecule has 2 aromatic rings. The van der Waals surface area contributed by atoms with Crippen LogP contribution in [0.3, 0.4) is 0 Å². The summed E-state index contributed by atoms with van der Waals surface area (Å²) in [5.41, 5.74) is 1.49. The van der Waals surface area contributed by atoms with Gasteiger partial charge in [-0.2, -0.15) is 0 Å². The molecule has 1 aliphatic heterocycles. The lowest BCUT2D eigenvalue weighted by Crippen LogP contribution is -2.44. The summed E-state index contributed by atoms with van der Waals surface area (Å²) >= 11 is 0. The lowest BCUT2D eigenvalue weighted by molar-refractivity contribution is 0.312. The van der Waals surface area contributed by atoms with Crippen LogP contribution >= 0.6 is 0 Å². The Morgan fingerprint density at radius 3 is 2.62 bits per heavy atom. The van der Waals surface area contributed by atoms with Crippen molar-refractivity contribution in [1.29, 1.82) is 0 Å². The number of methoxy groups -OCH3 is 1. The molecule has 0 radical (unpaired) electrons. The van der Waals surface area contributed by atoms with E-state index in [1.807, 2.05) is 24.3 Å². The number of fused-ring (bicyclic) bond motifs is 1. The summed E-state index contributed by atoms with van der Waals surface area (Å²) in [5.74, 6) is 1.60. The van der Waals surface area contributed by atoms with Crippen molar-refractivity contribution in [1.82, 2.24) is 9.88 Å². The van der Waals surface area contributed by atoms with Gasteiger partial charge < -0.3 is 14.5 Å². The van der Waals surface area contributed by atoms with E-state index in [9.17, 15) is 4.39 Å². The summed E-state index contributed by atoms with van der Waals surface area (Å²) in [6.45, 7) is 3.38. The van der Waals surface area contributed by atoms with Gasteiger partial charge in [0.05, 0.1) is 12.6 Å². The highest BCUT2D eigenvalue weighted by molar-refractivity contribution is 5.85. The molecule has 1 aliphatic rings. The minimum absolute atomic E-state index is 0.493. The van der Waals surface area contributed by atoms with Crippen molar-refractivity contribution >= 4 is 16.7 Å². The molecule has 4 nitrogen and oxygen atoms in total. The van der Waals surface area contributed by atoms with Crippen LogP contribution in [0.4, 0.5) is 10.2 Å². The highest BCUT2D eigenvalue weighted by atomic mass is 19.1. The number of piperazine rings is 1. The molecule has 0 unspecified atom stereocenters. The fraction of sp³-hybridized carbons (Fsp3) is 0.438. The van der Waals surface area contributed by atoms with E-state index in [0.29, 0.717) is 5.56 Å². The number of alkyl halides is 1. The Kier molecular flexibility index (Phi) is 3.92. The molecule has 21 heavy (non-hydrogen) atoms. The van der Waals surface area contributed by atoms with Gasteiger partial charge in [-0.05, 0) is 36.9 Å². The van der Waals surface area contributed by atoms with Gasteiger partial charge in [-0.1, -0.05) is 0 Å². The van der Waals surface area contributed by atoms with E-state index in [-0.39, 0.29) is 0 Å². The van der Waals surface area contributed by atoms with Gasteiger partial charge in [0, 0.05) is 31.6 Å². The van der Waals surface area contributed by atoms with Crippen LogP contribution in [-0.2, 0) is 6.67 Å². The van der Waals surface area contributed by atoms with Crippen LogP contribution in [0.25, 0.3) is 10.9 Å². The third kappa shape index (κ3) is 2.78. The van der Waals surface area contributed by atoms with Crippen molar-refractivity contribution < 1.29 is 9.13 Å². The molecule has 0 spiro atoms. The summed E-state index contributed by atoms with van der Waals surface area (Å²) in [6.07, 6.45) is 0. The molecule has 1 fully saturated rings. The predicted molar refractivity (Wildman–Crippen MR) is 82.8 cm³/mol. The summed E-state index contributed by atoms with van der Waals surface area (Å²) in [6, 6.07) is 7.48. The predicted octanol–water partition coefficient (Wildman–Crippen LogP) is 2.46. The number of likely N-dealkylation sites (N-methyl/N-ethyl adjacent to an activating group) is 1. The van der Waals surface area contributed by atoms with Crippen molar-refractivity contribution in [3.05, 3.63) is 29.8 Å². The van der Waals surface area contributed by atoms with E-state index in [2.05, 4.69) is 16.8 Å². The fourth-order valence-corrected chi connectivity index (χ4v) is 2.69. The molecular weight excluding hydrogens is 269 g/mol. The van der Waals surface area contributed by atoms with E-state index in [1.54, 1.807) is 7.11 Å². The Bertz CT molecular complexity index is 639. The van der Waals surface area contributed by atoms with Crippen LogP contribution in [0.5, 0.6) is 5.75 Å². The standard InChI is InChI=1S/C16H20FN3O/c1-19-5-7-20(8-6-19)16-9-12(11-17)14-10-13(21-2)3-4-15(14)18-16/h3-4,9-10H,5-8,11H2,1-2H3. The van der Waals surface area contributed by atoms with Gasteiger partial charge in [-0.15, -0.1) is 0 Å². The summed E-state index contributed by atoms with van der Waals surface area (Å²) < 4.78 is 18.6. The SMILES string of the molecule is COc1ccc2nc(N3CCN(C)CC3)cc(CF)c2c1. The molecule has 3 rings (SSSR count). The number of hydrogen-bond donors (Lipinski definition) is 0. The second-order valence-corrected chi connectivity index (χ2v) is 5.45. The molecule has 0 N–H and O–H groups in total. The lowest BCUT2D eigenvalue weighted by Gasteiger charge is -2.33. The average molecular weight is 289 g/mol. The van der Waals surface area contributed by atoms with Crippen LogP contribution < -0.4 is 9.64 Å². The maximum absolute atomic E-state index is 13.4. The smallest absolute Gasteiger partial charge is 0.129 e. The molecule has 1 saturated heterocycles. The molecule has 1 aromatic heterocycles. The van der Waals surface area contributed by atoms with Gasteiger partial charge in [0.15, 0.2) is 0 Å². The van der Waals surface area contributed by atoms with Gasteiger partial charge >= 0.3 is 0 Å². The Morgan fingerprint density at radius 2 is 1.95 bits per heavy atom. The average Bonchev–Trinajstić information content (AvgIpc) is 2.54. The van der Waals surface area contributed by atoms with Crippen molar-refractivity contribution in [2.45, 2.75) is 6.67 Å². The number of benzene rings is 1. The van der Waals surface area contributed by atoms with E-state index in [0.717, 1.165) is 48.6 Å². The second kappa shape index (κ2) is 5.85. The minimum atomic E-state index is -0.493. The molecule has 1 aromatic carbocycles. The zero-order valence-electron chi connectivity index (χ0n) is 12.5. The Balaban J connectivity index is 2.01. The van der Waals surface area contributed by atoms with Crippen LogP contribution in [0.1, 0.15) is 5.56 Å². The highest BCUT2D eigenvalue weighted by Crippen LogP contribution is 2.27. The molecule has 0 saturated carbocycles. The number of hydrogen-bond acceptors (Lipinski definition) is 4. The maximum Gasteiger partial charge on any atom is 0.129 e. The largest absolute Gasteiger partial charge is 0.497 e. The highest BCUT2D eigenvalue weighted by Gasteiger charge is 2.17. The molecule has 0 aliphatic carbocycles.